The first-order valence-corrected chi connectivity index (χ1v) is 2.18. The molecule has 1 aromatic rings. The van der Waals surface area contributed by atoms with Gasteiger partial charge in [0, 0.05) is 12.4 Å². The molecule has 0 fully saturated rings. The second kappa shape index (κ2) is 1.78. The average Bonchev–Trinajstić information content (AvgIpc) is 1.77. The maximum absolute atomic E-state index is 5.18. The van der Waals surface area contributed by atoms with Crippen LogP contribution in [0.4, 0.5) is 5.95 Å². The summed E-state index contributed by atoms with van der Waals surface area (Å²) in [7, 11) is 0. The van der Waals surface area contributed by atoms with Crippen LogP contribution in [0.25, 0.3) is 0 Å². The number of hydrogen-bond acceptors (Lipinski definition) is 3. The molecule has 0 unspecified atom stereocenters. The lowest BCUT2D eigenvalue weighted by Gasteiger charge is -1.88. The Labute approximate surface area is 47.6 Å². The SMILES string of the molecule is [CH2]c1cnc(N)nc1. The largest absolute Gasteiger partial charge is 0.368 e. The standard InChI is InChI=1S/C5H6N3/c1-4-2-7-5(6)8-3-4/h2-3H,1H2,(H2,6,7,8). The second-order valence-corrected chi connectivity index (χ2v) is 1.45. The summed E-state index contributed by atoms with van der Waals surface area (Å²) in [4.78, 5) is 7.37. The normalized spacial score (nSPS) is 9.12. The van der Waals surface area contributed by atoms with Gasteiger partial charge in [-0.2, -0.15) is 0 Å². The number of nitrogen functional groups attached to an aromatic ring is 1. The zero-order valence-electron chi connectivity index (χ0n) is 4.33. The maximum atomic E-state index is 5.18. The minimum Gasteiger partial charge on any atom is -0.368 e. The van der Waals surface area contributed by atoms with Gasteiger partial charge >= 0.3 is 0 Å². The van der Waals surface area contributed by atoms with Gasteiger partial charge in [0.2, 0.25) is 5.95 Å². The zero-order chi connectivity index (χ0) is 5.98. The van der Waals surface area contributed by atoms with Crippen molar-refractivity contribution in [2.24, 2.45) is 0 Å². The molecular weight excluding hydrogens is 102 g/mol. The molecule has 8 heavy (non-hydrogen) atoms. The van der Waals surface area contributed by atoms with Gasteiger partial charge < -0.3 is 5.73 Å². The molecule has 0 spiro atoms. The van der Waals surface area contributed by atoms with E-state index in [9.17, 15) is 0 Å². The molecule has 0 aromatic carbocycles. The van der Waals surface area contributed by atoms with Crippen molar-refractivity contribution in [1.29, 1.82) is 0 Å². The van der Waals surface area contributed by atoms with Crippen molar-refractivity contribution in [3.05, 3.63) is 24.9 Å². The van der Waals surface area contributed by atoms with Crippen molar-refractivity contribution in [2.75, 3.05) is 5.73 Å². The maximum Gasteiger partial charge on any atom is 0.219 e. The zero-order valence-corrected chi connectivity index (χ0v) is 4.33. The molecule has 0 amide bonds. The lowest BCUT2D eigenvalue weighted by atomic mass is 10.4. The fourth-order valence-corrected chi connectivity index (χ4v) is 0.365. The molecule has 0 saturated heterocycles. The van der Waals surface area contributed by atoms with E-state index in [4.69, 9.17) is 5.73 Å². The summed E-state index contributed by atoms with van der Waals surface area (Å²) in [6, 6.07) is 0. The van der Waals surface area contributed by atoms with Gasteiger partial charge in [0.1, 0.15) is 0 Å². The highest BCUT2D eigenvalue weighted by Gasteiger charge is 1.83. The summed E-state index contributed by atoms with van der Waals surface area (Å²) < 4.78 is 0. The van der Waals surface area contributed by atoms with Gasteiger partial charge in [-0.25, -0.2) is 9.97 Å². The lowest BCUT2D eigenvalue weighted by molar-refractivity contribution is 1.17. The third-order valence-corrected chi connectivity index (χ3v) is 0.725. The highest BCUT2D eigenvalue weighted by molar-refractivity contribution is 5.18. The molecule has 0 aliphatic heterocycles. The Bertz CT molecular complexity index is 147. The van der Waals surface area contributed by atoms with E-state index in [1.165, 1.54) is 0 Å². The van der Waals surface area contributed by atoms with Crippen LogP contribution in [0, 0.1) is 6.92 Å². The minimum absolute atomic E-state index is 0.289. The summed E-state index contributed by atoms with van der Waals surface area (Å²) in [5.74, 6) is 0.289. The van der Waals surface area contributed by atoms with E-state index in [1.807, 2.05) is 0 Å². The minimum atomic E-state index is 0.289. The Hall–Kier alpha value is -1.12. The van der Waals surface area contributed by atoms with Gasteiger partial charge in [-0.15, -0.1) is 0 Å². The molecular formula is C5H6N3. The lowest BCUT2D eigenvalue weighted by Crippen LogP contribution is -1.92. The molecule has 3 nitrogen and oxygen atoms in total. The van der Waals surface area contributed by atoms with E-state index in [-0.39, 0.29) is 5.95 Å². The Morgan fingerprint density at radius 1 is 1.38 bits per heavy atom. The van der Waals surface area contributed by atoms with Gasteiger partial charge in [-0.1, -0.05) is 0 Å². The number of nitrogens with two attached hydrogens (primary N) is 1. The van der Waals surface area contributed by atoms with E-state index in [2.05, 4.69) is 16.9 Å². The summed E-state index contributed by atoms with van der Waals surface area (Å²) in [6.45, 7) is 3.58. The van der Waals surface area contributed by atoms with Gasteiger partial charge in [0.15, 0.2) is 0 Å². The van der Waals surface area contributed by atoms with Crippen LogP contribution in [0.2, 0.25) is 0 Å². The van der Waals surface area contributed by atoms with Crippen molar-refractivity contribution < 1.29 is 0 Å². The number of aromatic nitrogens is 2. The predicted octanol–water partition coefficient (Wildman–Crippen LogP) is 0.241. The van der Waals surface area contributed by atoms with Gasteiger partial charge in [-0.05, 0) is 12.5 Å². The van der Waals surface area contributed by atoms with Crippen LogP contribution in [0.5, 0.6) is 0 Å². The van der Waals surface area contributed by atoms with Crippen LogP contribution >= 0.6 is 0 Å². The van der Waals surface area contributed by atoms with Gasteiger partial charge in [-0.3, -0.25) is 0 Å². The predicted molar refractivity (Wildman–Crippen MR) is 30.9 cm³/mol. The molecule has 1 aromatic heterocycles. The van der Waals surface area contributed by atoms with E-state index in [1.54, 1.807) is 12.4 Å². The van der Waals surface area contributed by atoms with Crippen LogP contribution in [-0.2, 0) is 0 Å². The van der Waals surface area contributed by atoms with Crippen LogP contribution in [0.3, 0.4) is 0 Å². The molecule has 0 aliphatic rings. The van der Waals surface area contributed by atoms with E-state index in [0.29, 0.717) is 0 Å². The summed E-state index contributed by atoms with van der Waals surface area (Å²) in [5, 5.41) is 0. The van der Waals surface area contributed by atoms with Crippen molar-refractivity contribution in [3.63, 3.8) is 0 Å². The molecule has 3 heteroatoms. The molecule has 0 saturated carbocycles. The summed E-state index contributed by atoms with van der Waals surface area (Å²) in [6.07, 6.45) is 3.14. The number of nitrogens with zero attached hydrogens (tertiary/aromatic N) is 2. The highest BCUT2D eigenvalue weighted by Crippen LogP contribution is 1.91. The number of rotatable bonds is 0. The molecule has 1 rings (SSSR count). The van der Waals surface area contributed by atoms with Crippen LogP contribution in [0.15, 0.2) is 12.4 Å². The first kappa shape index (κ1) is 5.03. The highest BCUT2D eigenvalue weighted by atomic mass is 15.0. The van der Waals surface area contributed by atoms with Crippen molar-refractivity contribution >= 4 is 5.95 Å². The molecule has 1 radical (unpaired) electrons. The van der Waals surface area contributed by atoms with Crippen molar-refractivity contribution in [2.45, 2.75) is 0 Å². The molecule has 41 valence electrons. The van der Waals surface area contributed by atoms with Crippen LogP contribution in [-0.4, -0.2) is 9.97 Å². The Balaban J connectivity index is 3.03. The van der Waals surface area contributed by atoms with Crippen molar-refractivity contribution in [1.82, 2.24) is 9.97 Å². The first-order valence-electron chi connectivity index (χ1n) is 2.18. The summed E-state index contributed by atoms with van der Waals surface area (Å²) >= 11 is 0. The summed E-state index contributed by atoms with van der Waals surface area (Å²) in [5.41, 5.74) is 5.95. The van der Waals surface area contributed by atoms with Gasteiger partial charge in [0.25, 0.3) is 0 Å². The van der Waals surface area contributed by atoms with Crippen LogP contribution in [0.1, 0.15) is 5.56 Å². The molecule has 0 bridgehead atoms. The average molecular weight is 108 g/mol. The third-order valence-electron chi connectivity index (χ3n) is 0.725. The molecule has 0 aliphatic carbocycles. The first-order chi connectivity index (χ1) is 3.79. The molecule has 0 atom stereocenters. The number of hydrogen-bond donors (Lipinski definition) is 1. The second-order valence-electron chi connectivity index (χ2n) is 1.45. The Morgan fingerprint density at radius 3 is 2.25 bits per heavy atom. The van der Waals surface area contributed by atoms with Crippen LogP contribution < -0.4 is 5.73 Å². The smallest absolute Gasteiger partial charge is 0.219 e. The molecule has 2 N–H and O–H groups in total. The quantitative estimate of drug-likeness (QED) is 0.518. The Kier molecular flexibility index (Phi) is 1.12. The fourth-order valence-electron chi connectivity index (χ4n) is 0.365. The van der Waals surface area contributed by atoms with E-state index >= 15 is 0 Å². The topological polar surface area (TPSA) is 51.8 Å². The fraction of sp³-hybridized carbons (Fsp3) is 0. The monoisotopic (exact) mass is 108 g/mol. The van der Waals surface area contributed by atoms with E-state index in [0.717, 1.165) is 5.56 Å². The Morgan fingerprint density at radius 2 is 1.88 bits per heavy atom. The number of anilines is 1. The van der Waals surface area contributed by atoms with E-state index < -0.39 is 0 Å². The molecule has 1 heterocycles. The van der Waals surface area contributed by atoms with Gasteiger partial charge in [0.05, 0.1) is 0 Å². The third kappa shape index (κ3) is 0.932. The van der Waals surface area contributed by atoms with Crippen molar-refractivity contribution in [3.8, 4) is 0 Å².